The van der Waals surface area contributed by atoms with Crippen LogP contribution in [0.1, 0.15) is 32.3 Å². The van der Waals surface area contributed by atoms with Crippen molar-refractivity contribution >= 4 is 35.9 Å². The van der Waals surface area contributed by atoms with Gasteiger partial charge in [0.1, 0.15) is 11.6 Å². The number of pyridine rings is 1. The first-order valence-electron chi connectivity index (χ1n) is 10.7. The number of esters is 1. The van der Waals surface area contributed by atoms with Crippen molar-refractivity contribution < 1.29 is 18.7 Å². The number of piperidine rings is 1. The average Bonchev–Trinajstić information content (AvgIpc) is 2.79. The summed E-state index contributed by atoms with van der Waals surface area (Å²) in [7, 11) is 0. The Labute approximate surface area is 205 Å². The molecule has 1 aromatic heterocycles. The summed E-state index contributed by atoms with van der Waals surface area (Å²) in [6.07, 6.45) is 3.25. The van der Waals surface area contributed by atoms with E-state index < -0.39 is 0 Å². The summed E-state index contributed by atoms with van der Waals surface area (Å²) in [5, 5.41) is 3.32. The van der Waals surface area contributed by atoms with Crippen LogP contribution in [0.3, 0.4) is 0 Å². The van der Waals surface area contributed by atoms with Gasteiger partial charge >= 0.3 is 5.97 Å². The van der Waals surface area contributed by atoms with Gasteiger partial charge in [-0.05, 0) is 56.5 Å². The summed E-state index contributed by atoms with van der Waals surface area (Å²) >= 11 is 0. The Kier molecular flexibility index (Phi) is 10.6. The van der Waals surface area contributed by atoms with Crippen LogP contribution >= 0.6 is 24.0 Å². The molecule has 174 valence electrons. The summed E-state index contributed by atoms with van der Waals surface area (Å²) in [5.41, 5.74) is 0.947. The molecule has 2 aromatic rings. The lowest BCUT2D eigenvalue weighted by atomic mass is 9.97. The fourth-order valence-electron chi connectivity index (χ4n) is 3.37. The van der Waals surface area contributed by atoms with E-state index in [4.69, 9.17) is 14.5 Å². The number of aromatic nitrogens is 1. The first-order chi connectivity index (χ1) is 15.1. The summed E-state index contributed by atoms with van der Waals surface area (Å²) < 4.78 is 23.8. The number of rotatable bonds is 7. The third-order valence-electron chi connectivity index (χ3n) is 4.99. The zero-order valence-electron chi connectivity index (χ0n) is 18.4. The lowest BCUT2D eigenvalue weighted by Gasteiger charge is -2.33. The first-order valence-corrected chi connectivity index (χ1v) is 10.7. The molecule has 0 spiro atoms. The van der Waals surface area contributed by atoms with Crippen molar-refractivity contribution in [1.82, 2.24) is 15.2 Å². The largest absolute Gasteiger partial charge is 0.466 e. The van der Waals surface area contributed by atoms with Gasteiger partial charge in [-0.25, -0.2) is 14.4 Å². The van der Waals surface area contributed by atoms with Gasteiger partial charge < -0.3 is 19.7 Å². The normalized spacial score (nSPS) is 14.5. The number of aliphatic imine (C=N–C) groups is 1. The van der Waals surface area contributed by atoms with Crippen LogP contribution in [-0.4, -0.2) is 48.1 Å². The van der Waals surface area contributed by atoms with Crippen LogP contribution in [0.2, 0.25) is 0 Å². The smallest absolute Gasteiger partial charge is 0.309 e. The second kappa shape index (κ2) is 13.2. The lowest BCUT2D eigenvalue weighted by molar-refractivity contribution is -0.149. The number of ether oxygens (including phenoxy) is 2. The number of benzene rings is 1. The van der Waals surface area contributed by atoms with Crippen LogP contribution in [0.15, 0.2) is 47.6 Å². The van der Waals surface area contributed by atoms with E-state index in [1.165, 1.54) is 12.1 Å². The predicted molar refractivity (Wildman–Crippen MR) is 132 cm³/mol. The summed E-state index contributed by atoms with van der Waals surface area (Å²) in [5.74, 6) is 1.36. The molecule has 1 N–H and O–H groups in total. The van der Waals surface area contributed by atoms with Crippen molar-refractivity contribution in [3.63, 3.8) is 0 Å². The monoisotopic (exact) mass is 556 g/mol. The average molecular weight is 556 g/mol. The van der Waals surface area contributed by atoms with Crippen LogP contribution in [-0.2, 0) is 16.1 Å². The molecule has 1 aromatic carbocycles. The SMILES string of the molecule is CCNC(=NCc1ccc(Oc2ccc(F)cc2)nc1)N1CCC(C(=O)OCC)CC1.I. The molecule has 7 nitrogen and oxygen atoms in total. The van der Waals surface area contributed by atoms with E-state index in [2.05, 4.69) is 15.2 Å². The third kappa shape index (κ3) is 7.61. The molecule has 1 aliphatic heterocycles. The van der Waals surface area contributed by atoms with Crippen LogP contribution in [0, 0.1) is 11.7 Å². The lowest BCUT2D eigenvalue weighted by Crippen LogP contribution is -2.46. The molecular formula is C23H30FIN4O3. The van der Waals surface area contributed by atoms with E-state index in [0.29, 0.717) is 24.8 Å². The molecular weight excluding hydrogens is 526 g/mol. The molecule has 0 saturated carbocycles. The zero-order valence-corrected chi connectivity index (χ0v) is 20.8. The number of carbonyl (C=O) groups excluding carboxylic acids is 1. The number of hydrogen-bond acceptors (Lipinski definition) is 5. The molecule has 0 bridgehead atoms. The van der Waals surface area contributed by atoms with Crippen molar-refractivity contribution in [3.8, 4) is 11.6 Å². The highest BCUT2D eigenvalue weighted by Gasteiger charge is 2.27. The van der Waals surface area contributed by atoms with Crippen LogP contribution in [0.4, 0.5) is 4.39 Å². The maximum absolute atomic E-state index is 13.0. The molecule has 1 fully saturated rings. The standard InChI is InChI=1S/C23H29FN4O3.HI/c1-3-25-23(28-13-11-18(12-14-28)22(29)30-4-2)27-16-17-5-10-21(26-15-17)31-20-8-6-19(24)7-9-20;/h5-10,15,18H,3-4,11-14,16H2,1-2H3,(H,25,27);1H. The summed E-state index contributed by atoms with van der Waals surface area (Å²) in [4.78, 5) is 23.2. The second-order valence-electron chi connectivity index (χ2n) is 7.24. The minimum absolute atomic E-state index is 0. The van der Waals surface area contributed by atoms with E-state index in [-0.39, 0.29) is 41.7 Å². The highest BCUT2D eigenvalue weighted by atomic mass is 127. The number of nitrogens with zero attached hydrogens (tertiary/aromatic N) is 3. The number of halogens is 2. The van der Waals surface area contributed by atoms with Crippen molar-refractivity contribution in [3.05, 3.63) is 54.0 Å². The Bertz CT molecular complexity index is 870. The van der Waals surface area contributed by atoms with Gasteiger partial charge in [0.2, 0.25) is 5.88 Å². The number of carbonyl (C=O) groups is 1. The molecule has 1 aliphatic rings. The topological polar surface area (TPSA) is 76.1 Å². The van der Waals surface area contributed by atoms with Gasteiger partial charge in [0.15, 0.2) is 5.96 Å². The Morgan fingerprint density at radius 3 is 2.50 bits per heavy atom. The Morgan fingerprint density at radius 2 is 1.91 bits per heavy atom. The molecule has 1 saturated heterocycles. The molecule has 0 atom stereocenters. The summed E-state index contributed by atoms with van der Waals surface area (Å²) in [6, 6.07) is 9.48. The van der Waals surface area contributed by atoms with E-state index >= 15 is 0 Å². The van der Waals surface area contributed by atoms with Crippen molar-refractivity contribution in [2.24, 2.45) is 10.9 Å². The second-order valence-corrected chi connectivity index (χ2v) is 7.24. The molecule has 0 unspecified atom stereocenters. The fourth-order valence-corrected chi connectivity index (χ4v) is 3.37. The number of nitrogens with one attached hydrogen (secondary N) is 1. The molecule has 9 heteroatoms. The van der Waals surface area contributed by atoms with Gasteiger partial charge in [-0.3, -0.25) is 4.79 Å². The highest BCUT2D eigenvalue weighted by Crippen LogP contribution is 2.21. The van der Waals surface area contributed by atoms with Crippen molar-refractivity contribution in [2.45, 2.75) is 33.2 Å². The van der Waals surface area contributed by atoms with Crippen LogP contribution < -0.4 is 10.1 Å². The molecule has 0 radical (unpaired) electrons. The number of hydrogen-bond donors (Lipinski definition) is 1. The summed E-state index contributed by atoms with van der Waals surface area (Å²) in [6.45, 7) is 7.05. The Hall–Kier alpha value is -2.43. The minimum atomic E-state index is -0.310. The zero-order chi connectivity index (χ0) is 22.1. The fraction of sp³-hybridized carbons (Fsp3) is 0.435. The van der Waals surface area contributed by atoms with Crippen molar-refractivity contribution in [2.75, 3.05) is 26.2 Å². The molecule has 3 rings (SSSR count). The molecule has 0 aliphatic carbocycles. The number of guanidine groups is 1. The highest BCUT2D eigenvalue weighted by molar-refractivity contribution is 14.0. The Balaban J connectivity index is 0.00000363. The number of likely N-dealkylation sites (tertiary alicyclic amines) is 1. The molecule has 32 heavy (non-hydrogen) atoms. The van der Waals surface area contributed by atoms with E-state index in [0.717, 1.165) is 44.0 Å². The van der Waals surface area contributed by atoms with E-state index in [1.807, 2.05) is 19.9 Å². The molecule has 0 amide bonds. The van der Waals surface area contributed by atoms with Gasteiger partial charge in [0, 0.05) is 31.9 Å². The maximum atomic E-state index is 13.0. The van der Waals surface area contributed by atoms with Gasteiger partial charge in [-0.2, -0.15) is 0 Å². The predicted octanol–water partition coefficient (Wildman–Crippen LogP) is 4.37. The quantitative estimate of drug-likeness (QED) is 0.236. The minimum Gasteiger partial charge on any atom is -0.466 e. The van der Waals surface area contributed by atoms with Gasteiger partial charge in [-0.1, -0.05) is 6.07 Å². The van der Waals surface area contributed by atoms with Crippen LogP contribution in [0.5, 0.6) is 11.6 Å². The van der Waals surface area contributed by atoms with Gasteiger partial charge in [0.25, 0.3) is 0 Å². The van der Waals surface area contributed by atoms with Crippen LogP contribution in [0.25, 0.3) is 0 Å². The third-order valence-corrected chi connectivity index (χ3v) is 4.99. The van der Waals surface area contributed by atoms with Gasteiger partial charge in [0.05, 0.1) is 19.1 Å². The first kappa shape index (κ1) is 25.8. The Morgan fingerprint density at radius 1 is 1.19 bits per heavy atom. The van der Waals surface area contributed by atoms with Gasteiger partial charge in [-0.15, -0.1) is 24.0 Å². The van der Waals surface area contributed by atoms with Crippen molar-refractivity contribution in [1.29, 1.82) is 0 Å². The van der Waals surface area contributed by atoms with E-state index in [1.54, 1.807) is 24.4 Å². The molecule has 2 heterocycles. The van der Waals surface area contributed by atoms with E-state index in [9.17, 15) is 9.18 Å². The maximum Gasteiger partial charge on any atom is 0.309 e.